The van der Waals surface area contributed by atoms with Crippen LogP contribution in [-0.4, -0.2) is 94.8 Å². The third kappa shape index (κ3) is 10.4. The second kappa shape index (κ2) is 15.0. The summed E-state index contributed by atoms with van der Waals surface area (Å²) < 4.78 is 0. The van der Waals surface area contributed by atoms with E-state index in [-0.39, 0.29) is 12.4 Å². The van der Waals surface area contributed by atoms with Gasteiger partial charge in [-0.05, 0) is 44.1 Å². The number of likely N-dealkylation sites (tertiary alicyclic amines) is 1. The van der Waals surface area contributed by atoms with Crippen LogP contribution in [0.15, 0.2) is 4.99 Å². The number of thioether (sulfide) groups is 1. The molecular weight excluding hydrogens is 480 g/mol. The fourth-order valence-electron chi connectivity index (χ4n) is 3.60. The Morgan fingerprint density at radius 3 is 2.37 bits per heavy atom. The lowest BCUT2D eigenvalue weighted by molar-refractivity contribution is -0.143. The maximum atomic E-state index is 13.0. The lowest BCUT2D eigenvalue weighted by Crippen LogP contribution is -2.57. The number of carboxylic acid groups (broad SMARTS) is 1. The summed E-state index contributed by atoms with van der Waals surface area (Å²) in [5.74, 6) is -3.60. The molecule has 4 unspecified atom stereocenters. The van der Waals surface area contributed by atoms with E-state index in [0.717, 1.165) is 0 Å². The lowest BCUT2D eigenvalue weighted by atomic mass is 10.1. The number of nitrogens with one attached hydrogen (secondary N) is 2. The molecular formula is C20H36N8O6S. The maximum Gasteiger partial charge on any atom is 0.326 e. The Hall–Kier alpha value is -3.07. The molecule has 1 heterocycles. The van der Waals surface area contributed by atoms with E-state index in [9.17, 15) is 29.1 Å². The van der Waals surface area contributed by atoms with Crippen molar-refractivity contribution < 1.29 is 29.1 Å². The third-order valence-electron chi connectivity index (χ3n) is 5.39. The summed E-state index contributed by atoms with van der Waals surface area (Å²) in [7, 11) is 0. The Kier molecular flexibility index (Phi) is 12.9. The SMILES string of the molecule is CSCCC(NC(=O)C(CC(N)=O)NC(=O)C1CCCN1C(=O)C(N)CCCN=C(N)N)C(=O)O. The molecule has 1 rings (SSSR count). The second-order valence-electron chi connectivity index (χ2n) is 8.16. The molecule has 0 aliphatic carbocycles. The summed E-state index contributed by atoms with van der Waals surface area (Å²) in [6.07, 6.45) is 3.09. The van der Waals surface area contributed by atoms with Crippen molar-refractivity contribution in [2.75, 3.05) is 25.1 Å². The molecule has 0 aromatic heterocycles. The van der Waals surface area contributed by atoms with Gasteiger partial charge in [-0.3, -0.25) is 24.2 Å². The molecule has 0 aromatic rings. The Labute approximate surface area is 208 Å². The van der Waals surface area contributed by atoms with Crippen molar-refractivity contribution in [3.63, 3.8) is 0 Å². The van der Waals surface area contributed by atoms with Crippen LogP contribution in [0.5, 0.6) is 0 Å². The van der Waals surface area contributed by atoms with E-state index in [4.69, 9.17) is 22.9 Å². The molecule has 0 radical (unpaired) electrons. The van der Waals surface area contributed by atoms with E-state index in [1.54, 1.807) is 6.26 Å². The molecule has 1 saturated heterocycles. The maximum absolute atomic E-state index is 13.0. The minimum atomic E-state index is -1.39. The molecule has 0 saturated carbocycles. The van der Waals surface area contributed by atoms with Crippen LogP contribution in [0, 0.1) is 0 Å². The van der Waals surface area contributed by atoms with Gasteiger partial charge in [-0.15, -0.1) is 0 Å². The fraction of sp³-hybridized carbons (Fsp3) is 0.700. The number of rotatable bonds is 15. The van der Waals surface area contributed by atoms with E-state index in [1.165, 1.54) is 16.7 Å². The number of carbonyl (C=O) groups excluding carboxylic acids is 4. The average molecular weight is 517 g/mol. The normalized spacial score (nSPS) is 17.7. The highest BCUT2D eigenvalue weighted by atomic mass is 32.2. The van der Waals surface area contributed by atoms with Crippen LogP contribution < -0.4 is 33.6 Å². The molecule has 35 heavy (non-hydrogen) atoms. The molecule has 4 atom stereocenters. The molecule has 1 aliphatic heterocycles. The zero-order valence-electron chi connectivity index (χ0n) is 19.8. The first-order valence-electron chi connectivity index (χ1n) is 11.2. The largest absolute Gasteiger partial charge is 0.480 e. The first-order valence-corrected chi connectivity index (χ1v) is 12.6. The highest BCUT2D eigenvalue weighted by molar-refractivity contribution is 7.98. The van der Waals surface area contributed by atoms with Crippen LogP contribution in [0.4, 0.5) is 0 Å². The van der Waals surface area contributed by atoms with Gasteiger partial charge in [-0.1, -0.05) is 0 Å². The third-order valence-corrected chi connectivity index (χ3v) is 6.03. The van der Waals surface area contributed by atoms with Crippen molar-refractivity contribution in [1.82, 2.24) is 15.5 Å². The zero-order valence-corrected chi connectivity index (χ0v) is 20.6. The number of nitrogens with zero attached hydrogens (tertiary/aromatic N) is 2. The molecule has 14 nitrogen and oxygen atoms in total. The number of aliphatic imine (C=N–C) groups is 1. The van der Waals surface area contributed by atoms with Crippen molar-refractivity contribution in [1.29, 1.82) is 0 Å². The number of primary amides is 1. The van der Waals surface area contributed by atoms with E-state index in [2.05, 4.69) is 15.6 Å². The van der Waals surface area contributed by atoms with Crippen molar-refractivity contribution in [3.05, 3.63) is 0 Å². The Bertz CT molecular complexity index is 806. The highest BCUT2D eigenvalue weighted by Crippen LogP contribution is 2.19. The average Bonchev–Trinajstić information content (AvgIpc) is 3.27. The van der Waals surface area contributed by atoms with Gasteiger partial charge in [0.05, 0.1) is 12.5 Å². The van der Waals surface area contributed by atoms with Crippen LogP contribution in [0.1, 0.15) is 38.5 Å². The molecule has 1 aliphatic rings. The zero-order chi connectivity index (χ0) is 26.5. The molecule has 0 bridgehead atoms. The van der Waals surface area contributed by atoms with Crippen LogP contribution in [0.25, 0.3) is 0 Å². The molecule has 0 aromatic carbocycles. The monoisotopic (exact) mass is 516 g/mol. The van der Waals surface area contributed by atoms with Gasteiger partial charge in [0.25, 0.3) is 0 Å². The molecule has 4 amide bonds. The number of guanidine groups is 1. The standard InChI is InChI=1S/C20H36N8O6S/c1-35-9-6-12(19(33)34)26-16(30)13(10-15(22)29)27-17(31)14-5-3-8-28(14)18(32)11(21)4-2-7-25-20(23)24/h11-14H,2-10,21H2,1H3,(H2,22,29)(H,26,30)(H,27,31)(H,33,34)(H4,23,24,25). The van der Waals surface area contributed by atoms with Gasteiger partial charge in [0.1, 0.15) is 18.1 Å². The minimum Gasteiger partial charge on any atom is -0.480 e. The number of carboxylic acids is 1. The van der Waals surface area contributed by atoms with Crippen LogP contribution in [0.3, 0.4) is 0 Å². The lowest BCUT2D eigenvalue weighted by Gasteiger charge is -2.28. The number of carbonyl (C=O) groups is 5. The van der Waals surface area contributed by atoms with Crippen LogP contribution in [0.2, 0.25) is 0 Å². The van der Waals surface area contributed by atoms with Crippen molar-refractivity contribution in [2.45, 2.75) is 62.7 Å². The number of hydrogen-bond donors (Lipinski definition) is 7. The second-order valence-corrected chi connectivity index (χ2v) is 9.14. The summed E-state index contributed by atoms with van der Waals surface area (Å²) in [5, 5.41) is 14.1. The smallest absolute Gasteiger partial charge is 0.326 e. The topological polar surface area (TPSA) is 249 Å². The van der Waals surface area contributed by atoms with Gasteiger partial charge in [0.2, 0.25) is 23.6 Å². The number of amides is 4. The van der Waals surface area contributed by atoms with Crippen molar-refractivity contribution in [3.8, 4) is 0 Å². The van der Waals surface area contributed by atoms with Crippen LogP contribution >= 0.6 is 11.8 Å². The number of nitrogens with two attached hydrogens (primary N) is 4. The summed E-state index contributed by atoms with van der Waals surface area (Å²) >= 11 is 1.41. The molecule has 198 valence electrons. The Morgan fingerprint density at radius 1 is 1.11 bits per heavy atom. The first-order chi connectivity index (χ1) is 16.5. The van der Waals surface area contributed by atoms with E-state index in [0.29, 0.717) is 44.5 Å². The number of aliphatic carboxylic acids is 1. The Morgan fingerprint density at radius 2 is 1.80 bits per heavy atom. The summed E-state index contributed by atoms with van der Waals surface area (Å²) in [4.78, 5) is 66.6. The number of hydrogen-bond acceptors (Lipinski definition) is 8. The summed E-state index contributed by atoms with van der Waals surface area (Å²) in [6.45, 7) is 0.617. The van der Waals surface area contributed by atoms with E-state index >= 15 is 0 Å². The summed E-state index contributed by atoms with van der Waals surface area (Å²) in [5.41, 5.74) is 21.8. The van der Waals surface area contributed by atoms with Crippen molar-refractivity contribution in [2.24, 2.45) is 27.9 Å². The van der Waals surface area contributed by atoms with Gasteiger partial charge in [-0.2, -0.15) is 11.8 Å². The van der Waals surface area contributed by atoms with E-state index in [1.807, 2.05) is 0 Å². The predicted molar refractivity (Wildman–Crippen MR) is 131 cm³/mol. The van der Waals surface area contributed by atoms with Gasteiger partial charge in [-0.25, -0.2) is 4.79 Å². The van der Waals surface area contributed by atoms with Crippen LogP contribution in [-0.2, 0) is 24.0 Å². The van der Waals surface area contributed by atoms with Crippen molar-refractivity contribution >= 4 is 47.3 Å². The summed E-state index contributed by atoms with van der Waals surface area (Å²) in [6, 6.07) is -4.33. The molecule has 0 spiro atoms. The first kappa shape index (κ1) is 30.0. The van der Waals surface area contributed by atoms with Gasteiger partial charge in [0, 0.05) is 13.1 Å². The fourth-order valence-corrected chi connectivity index (χ4v) is 4.07. The van der Waals surface area contributed by atoms with Gasteiger partial charge < -0.3 is 43.6 Å². The van der Waals surface area contributed by atoms with Gasteiger partial charge >= 0.3 is 5.97 Å². The predicted octanol–water partition coefficient (Wildman–Crippen LogP) is -2.96. The molecule has 11 N–H and O–H groups in total. The minimum absolute atomic E-state index is 0.0605. The molecule has 15 heteroatoms. The van der Waals surface area contributed by atoms with Gasteiger partial charge in [0.15, 0.2) is 5.96 Å². The Balaban J connectivity index is 2.83. The molecule has 1 fully saturated rings. The highest BCUT2D eigenvalue weighted by Gasteiger charge is 2.38. The van der Waals surface area contributed by atoms with E-state index < -0.39 is 60.2 Å². The quantitative estimate of drug-likeness (QED) is 0.0661.